The number of ether oxygens (including phenoxy) is 1. The van der Waals surface area contributed by atoms with Crippen molar-refractivity contribution in [1.82, 2.24) is 15.5 Å². The summed E-state index contributed by atoms with van der Waals surface area (Å²) in [6, 6.07) is 7.86. The van der Waals surface area contributed by atoms with Crippen LogP contribution in [0.5, 0.6) is 0 Å². The molecule has 0 bridgehead atoms. The first-order valence-electron chi connectivity index (χ1n) is 11.8. The number of hydrogen-bond donors (Lipinski definition) is 4. The summed E-state index contributed by atoms with van der Waals surface area (Å²) in [7, 11) is 0. The van der Waals surface area contributed by atoms with Gasteiger partial charge in [0.25, 0.3) is 0 Å². The minimum Gasteiger partial charge on any atom is -0.480 e. The van der Waals surface area contributed by atoms with Gasteiger partial charge in [0.2, 0.25) is 11.8 Å². The number of nitrogens with zero attached hydrogens (tertiary/aromatic N) is 1. The third kappa shape index (κ3) is 8.11. The van der Waals surface area contributed by atoms with E-state index >= 15 is 0 Å². The van der Waals surface area contributed by atoms with Gasteiger partial charge in [-0.25, -0.2) is 4.79 Å². The summed E-state index contributed by atoms with van der Waals surface area (Å²) in [5, 5.41) is 15.4. The van der Waals surface area contributed by atoms with E-state index in [4.69, 9.17) is 10.5 Å². The van der Waals surface area contributed by atoms with Crippen molar-refractivity contribution in [3.05, 3.63) is 35.9 Å². The van der Waals surface area contributed by atoms with E-state index in [0.717, 1.165) is 5.56 Å². The summed E-state index contributed by atoms with van der Waals surface area (Å²) < 4.78 is 5.24. The van der Waals surface area contributed by atoms with Gasteiger partial charge in [0.1, 0.15) is 6.04 Å². The molecule has 5 N–H and O–H groups in total. The van der Waals surface area contributed by atoms with Crippen LogP contribution in [0.15, 0.2) is 30.3 Å². The zero-order valence-electron chi connectivity index (χ0n) is 19.7. The number of carboxylic acid groups (broad SMARTS) is 1. The van der Waals surface area contributed by atoms with Crippen LogP contribution in [0.3, 0.4) is 0 Å². The summed E-state index contributed by atoms with van der Waals surface area (Å²) in [6.45, 7) is 3.04. The fourth-order valence-electron chi connectivity index (χ4n) is 4.16. The number of aliphatic carboxylic acids is 1. The molecule has 1 aromatic carbocycles. The molecule has 188 valence electrons. The summed E-state index contributed by atoms with van der Waals surface area (Å²) >= 11 is 0. The number of carboxylic acids is 1. The van der Waals surface area contributed by atoms with Crippen LogP contribution >= 0.6 is 0 Å². The number of benzene rings is 1. The zero-order valence-corrected chi connectivity index (χ0v) is 19.7. The lowest BCUT2D eigenvalue weighted by Crippen LogP contribution is -2.50. The van der Waals surface area contributed by atoms with Gasteiger partial charge in [-0.3, -0.25) is 14.4 Å². The molecule has 0 saturated carbocycles. The van der Waals surface area contributed by atoms with Gasteiger partial charge in [-0.05, 0) is 51.1 Å². The van der Waals surface area contributed by atoms with Crippen molar-refractivity contribution >= 4 is 23.8 Å². The molecule has 1 aromatic rings. The zero-order chi connectivity index (χ0) is 24.9. The van der Waals surface area contributed by atoms with Crippen molar-refractivity contribution in [3.63, 3.8) is 0 Å². The molecule has 10 heteroatoms. The van der Waals surface area contributed by atoms with Gasteiger partial charge in [0, 0.05) is 13.1 Å². The highest BCUT2D eigenvalue weighted by Crippen LogP contribution is 2.22. The van der Waals surface area contributed by atoms with E-state index in [1.165, 1.54) is 4.90 Å². The van der Waals surface area contributed by atoms with E-state index in [9.17, 15) is 24.3 Å². The number of carbonyl (C=O) groups excluding carboxylic acids is 3. The van der Waals surface area contributed by atoms with E-state index in [-0.39, 0.29) is 30.9 Å². The minimum atomic E-state index is -1.01. The molecule has 0 aromatic heterocycles. The monoisotopic (exact) mass is 476 g/mol. The predicted octanol–water partition coefficient (Wildman–Crippen LogP) is 0.612. The Hall–Kier alpha value is -2.98. The first kappa shape index (κ1) is 27.3. The topological polar surface area (TPSA) is 151 Å². The Morgan fingerprint density at radius 3 is 2.56 bits per heavy atom. The lowest BCUT2D eigenvalue weighted by Gasteiger charge is -2.28. The van der Waals surface area contributed by atoms with Crippen LogP contribution in [0, 0.1) is 0 Å². The third-order valence-electron chi connectivity index (χ3n) is 5.89. The average molecular weight is 477 g/mol. The van der Waals surface area contributed by atoms with Crippen LogP contribution in [0.25, 0.3) is 0 Å². The maximum absolute atomic E-state index is 13.2. The van der Waals surface area contributed by atoms with Gasteiger partial charge in [0.15, 0.2) is 0 Å². The maximum Gasteiger partial charge on any atom is 0.326 e. The van der Waals surface area contributed by atoms with E-state index in [0.29, 0.717) is 51.7 Å². The van der Waals surface area contributed by atoms with E-state index in [1.54, 1.807) is 6.92 Å². The predicted molar refractivity (Wildman–Crippen MR) is 126 cm³/mol. The summed E-state index contributed by atoms with van der Waals surface area (Å²) in [5.74, 6) is -2.37. The number of hydrogen-bond acceptors (Lipinski definition) is 7. The molecule has 1 aliphatic heterocycles. The Morgan fingerprint density at radius 2 is 1.91 bits per heavy atom. The second kappa shape index (κ2) is 14.3. The Balaban J connectivity index is 2.05. The fraction of sp³-hybridized carbons (Fsp3) is 0.583. The quantitative estimate of drug-likeness (QED) is 0.225. The Bertz CT molecular complexity index is 819. The highest BCUT2D eigenvalue weighted by Gasteiger charge is 2.37. The summed E-state index contributed by atoms with van der Waals surface area (Å²) in [4.78, 5) is 50.1. The maximum atomic E-state index is 13.2. The summed E-state index contributed by atoms with van der Waals surface area (Å²) in [6.07, 6.45) is 2.40. The number of likely N-dealkylation sites (tertiary alicyclic amines) is 1. The molecular weight excluding hydrogens is 440 g/mol. The van der Waals surface area contributed by atoms with Crippen LogP contribution in [0.2, 0.25) is 0 Å². The van der Waals surface area contributed by atoms with E-state index in [1.807, 2.05) is 30.3 Å². The molecule has 0 spiro atoms. The standard InChI is InChI=1S/C24H36N4O6/c1-2-34-24(33)18(17-8-4-3-5-9-17)12-14-26-19(10-6-13-27-21(29)16-25)22(30)28-15-7-11-20(28)23(31)32/h3-5,8-9,18-20,26H,2,6-7,10-16,25H2,1H3,(H,27,29)(H,31,32)/t18?,19-,20-/m0/s1. The van der Waals surface area contributed by atoms with Gasteiger partial charge in [-0.2, -0.15) is 0 Å². The fourth-order valence-corrected chi connectivity index (χ4v) is 4.16. The number of nitrogens with one attached hydrogen (secondary N) is 2. The molecule has 1 heterocycles. The van der Waals surface area contributed by atoms with E-state index in [2.05, 4.69) is 10.6 Å². The number of amides is 2. The molecule has 0 radical (unpaired) electrons. The summed E-state index contributed by atoms with van der Waals surface area (Å²) in [5.41, 5.74) is 6.13. The number of esters is 1. The van der Waals surface area contributed by atoms with Crippen LogP contribution in [-0.2, 0) is 23.9 Å². The smallest absolute Gasteiger partial charge is 0.326 e. The second-order valence-electron chi connectivity index (χ2n) is 8.23. The SMILES string of the molecule is CCOC(=O)C(CCN[C@@H](CCCNC(=O)CN)C(=O)N1CCC[C@H]1C(=O)O)c1ccccc1. The van der Waals surface area contributed by atoms with Crippen LogP contribution in [0.4, 0.5) is 0 Å². The largest absolute Gasteiger partial charge is 0.480 e. The van der Waals surface area contributed by atoms with Crippen molar-refractivity contribution in [2.45, 2.75) is 57.0 Å². The van der Waals surface area contributed by atoms with Crippen molar-refractivity contribution < 1.29 is 29.0 Å². The molecule has 1 fully saturated rings. The second-order valence-corrected chi connectivity index (χ2v) is 8.23. The highest BCUT2D eigenvalue weighted by atomic mass is 16.5. The van der Waals surface area contributed by atoms with Gasteiger partial charge < -0.3 is 31.1 Å². The Morgan fingerprint density at radius 1 is 1.18 bits per heavy atom. The van der Waals surface area contributed by atoms with Gasteiger partial charge in [-0.1, -0.05) is 30.3 Å². The normalized spacial score (nSPS) is 17.1. The van der Waals surface area contributed by atoms with Crippen molar-refractivity contribution in [2.75, 3.05) is 32.8 Å². The third-order valence-corrected chi connectivity index (χ3v) is 5.89. The first-order valence-corrected chi connectivity index (χ1v) is 11.8. The van der Waals surface area contributed by atoms with Crippen LogP contribution in [0.1, 0.15) is 50.5 Å². The molecular formula is C24H36N4O6. The lowest BCUT2D eigenvalue weighted by molar-refractivity contribution is -0.149. The van der Waals surface area contributed by atoms with E-state index < -0.39 is 24.0 Å². The number of carbonyl (C=O) groups is 4. The molecule has 1 saturated heterocycles. The molecule has 2 amide bonds. The molecule has 34 heavy (non-hydrogen) atoms. The first-order chi connectivity index (χ1) is 16.4. The highest BCUT2D eigenvalue weighted by molar-refractivity contribution is 5.87. The number of nitrogens with two attached hydrogens (primary N) is 1. The molecule has 10 nitrogen and oxygen atoms in total. The Labute approximate surface area is 200 Å². The minimum absolute atomic E-state index is 0.108. The van der Waals surface area contributed by atoms with Crippen LogP contribution in [-0.4, -0.2) is 78.6 Å². The molecule has 0 aliphatic carbocycles. The molecule has 1 aliphatic rings. The van der Waals surface area contributed by atoms with Crippen molar-refractivity contribution in [2.24, 2.45) is 5.73 Å². The van der Waals surface area contributed by atoms with Crippen molar-refractivity contribution in [3.8, 4) is 0 Å². The van der Waals surface area contributed by atoms with Crippen LogP contribution < -0.4 is 16.4 Å². The number of rotatable bonds is 14. The Kier molecular flexibility index (Phi) is 11.5. The molecule has 2 rings (SSSR count). The lowest BCUT2D eigenvalue weighted by atomic mass is 9.95. The van der Waals surface area contributed by atoms with Gasteiger partial charge in [0.05, 0.1) is 25.1 Å². The molecule has 1 unspecified atom stereocenters. The van der Waals surface area contributed by atoms with Gasteiger partial charge in [-0.15, -0.1) is 0 Å². The van der Waals surface area contributed by atoms with Gasteiger partial charge >= 0.3 is 11.9 Å². The molecule has 3 atom stereocenters. The van der Waals surface area contributed by atoms with Crippen molar-refractivity contribution in [1.29, 1.82) is 0 Å². The average Bonchev–Trinajstić information content (AvgIpc) is 3.33.